The lowest BCUT2D eigenvalue weighted by atomic mass is 10.2. The molecule has 2 aromatic rings. The summed E-state index contributed by atoms with van der Waals surface area (Å²) in [6.45, 7) is 0.191. The highest BCUT2D eigenvalue weighted by Crippen LogP contribution is 2.26. The second kappa shape index (κ2) is 7.11. The van der Waals surface area contributed by atoms with E-state index in [1.54, 1.807) is 42.5 Å². The molecule has 1 aliphatic heterocycles. The number of hydrogen-bond acceptors (Lipinski definition) is 4. The number of sulfonamides is 1. The number of hydrogen-bond donors (Lipinski definition) is 0. The minimum Gasteiger partial charge on any atom is -0.223 e. The SMILES string of the molecule is O=S(=O)(c1ccccc1)C1CCN(S(=O)(=O)C=Cc2ccccc2)C1. The molecule has 0 aliphatic carbocycles. The second-order valence-electron chi connectivity index (χ2n) is 5.89. The topological polar surface area (TPSA) is 71.5 Å². The van der Waals surface area contributed by atoms with Gasteiger partial charge in [-0.2, -0.15) is 4.31 Å². The first-order valence-electron chi connectivity index (χ1n) is 7.92. The van der Waals surface area contributed by atoms with E-state index < -0.39 is 25.1 Å². The fraction of sp³-hybridized carbons (Fsp3) is 0.222. The lowest BCUT2D eigenvalue weighted by molar-refractivity contribution is 0.485. The summed E-state index contributed by atoms with van der Waals surface area (Å²) in [7, 11) is -7.17. The van der Waals surface area contributed by atoms with Crippen molar-refractivity contribution in [1.82, 2.24) is 4.31 Å². The van der Waals surface area contributed by atoms with E-state index in [1.807, 2.05) is 18.2 Å². The van der Waals surface area contributed by atoms with E-state index in [0.29, 0.717) is 6.42 Å². The van der Waals surface area contributed by atoms with Crippen molar-refractivity contribution < 1.29 is 16.8 Å². The first-order valence-corrected chi connectivity index (χ1v) is 11.0. The van der Waals surface area contributed by atoms with Crippen LogP contribution in [0, 0.1) is 0 Å². The smallest absolute Gasteiger partial charge is 0.223 e. The molecule has 1 unspecified atom stereocenters. The average Bonchev–Trinajstić information content (AvgIpc) is 3.14. The summed E-state index contributed by atoms with van der Waals surface area (Å²) in [6, 6.07) is 17.3. The van der Waals surface area contributed by atoms with Gasteiger partial charge in [-0.15, -0.1) is 0 Å². The van der Waals surface area contributed by atoms with Gasteiger partial charge in [0.15, 0.2) is 9.84 Å². The van der Waals surface area contributed by atoms with Crippen LogP contribution in [0.15, 0.2) is 71.0 Å². The maximum atomic E-state index is 12.6. The van der Waals surface area contributed by atoms with Gasteiger partial charge in [0, 0.05) is 18.5 Å². The van der Waals surface area contributed by atoms with E-state index in [9.17, 15) is 16.8 Å². The van der Waals surface area contributed by atoms with E-state index in [4.69, 9.17) is 0 Å². The van der Waals surface area contributed by atoms with Gasteiger partial charge in [-0.1, -0.05) is 48.5 Å². The van der Waals surface area contributed by atoms with Crippen LogP contribution in [0.3, 0.4) is 0 Å². The summed E-state index contributed by atoms with van der Waals surface area (Å²) in [4.78, 5) is 0.235. The van der Waals surface area contributed by atoms with Crippen molar-refractivity contribution in [2.75, 3.05) is 13.1 Å². The number of rotatable bonds is 5. The minimum absolute atomic E-state index is 0.0152. The van der Waals surface area contributed by atoms with Gasteiger partial charge in [-0.05, 0) is 30.2 Å². The van der Waals surface area contributed by atoms with E-state index >= 15 is 0 Å². The van der Waals surface area contributed by atoms with Gasteiger partial charge in [0.2, 0.25) is 10.0 Å². The van der Waals surface area contributed by atoms with Crippen LogP contribution in [0.1, 0.15) is 12.0 Å². The largest absolute Gasteiger partial charge is 0.236 e. The molecule has 1 atom stereocenters. The van der Waals surface area contributed by atoms with Gasteiger partial charge in [-0.3, -0.25) is 0 Å². The third kappa shape index (κ3) is 4.00. The maximum Gasteiger partial charge on any atom is 0.236 e. The predicted molar refractivity (Wildman–Crippen MR) is 98.0 cm³/mol. The fourth-order valence-corrected chi connectivity index (χ4v) is 5.86. The average molecular weight is 377 g/mol. The molecule has 7 heteroatoms. The molecule has 0 amide bonds. The van der Waals surface area contributed by atoms with Crippen LogP contribution in [0.4, 0.5) is 0 Å². The Morgan fingerprint density at radius 1 is 0.880 bits per heavy atom. The summed E-state index contributed by atoms with van der Waals surface area (Å²) in [5.74, 6) is 0. The first-order chi connectivity index (χ1) is 11.9. The van der Waals surface area contributed by atoms with Crippen molar-refractivity contribution in [3.05, 3.63) is 71.6 Å². The first kappa shape index (κ1) is 17.8. The van der Waals surface area contributed by atoms with Crippen LogP contribution in [0.25, 0.3) is 6.08 Å². The summed E-state index contributed by atoms with van der Waals surface area (Å²) in [5.41, 5.74) is 0.777. The van der Waals surface area contributed by atoms with Crippen molar-refractivity contribution in [3.8, 4) is 0 Å². The van der Waals surface area contributed by atoms with Crippen molar-refractivity contribution in [2.45, 2.75) is 16.6 Å². The van der Waals surface area contributed by atoms with E-state index in [1.165, 1.54) is 10.4 Å². The molecule has 0 N–H and O–H groups in total. The molecule has 0 spiro atoms. The highest BCUT2D eigenvalue weighted by atomic mass is 32.2. The lowest BCUT2D eigenvalue weighted by Crippen LogP contribution is -2.30. The van der Waals surface area contributed by atoms with Gasteiger partial charge >= 0.3 is 0 Å². The van der Waals surface area contributed by atoms with Gasteiger partial charge in [0.1, 0.15) is 0 Å². The molecular weight excluding hydrogens is 358 g/mol. The van der Waals surface area contributed by atoms with Crippen LogP contribution in [-0.4, -0.2) is 39.5 Å². The third-order valence-corrected chi connectivity index (χ3v) is 7.93. The quantitative estimate of drug-likeness (QED) is 0.803. The summed E-state index contributed by atoms with van der Waals surface area (Å²) < 4.78 is 51.4. The van der Waals surface area contributed by atoms with Crippen molar-refractivity contribution in [3.63, 3.8) is 0 Å². The zero-order chi connectivity index (χ0) is 17.9. The second-order valence-corrected chi connectivity index (χ2v) is 9.93. The highest BCUT2D eigenvalue weighted by Gasteiger charge is 2.38. The number of benzene rings is 2. The third-order valence-electron chi connectivity index (χ3n) is 4.21. The molecule has 0 bridgehead atoms. The van der Waals surface area contributed by atoms with Crippen LogP contribution < -0.4 is 0 Å². The van der Waals surface area contributed by atoms with Gasteiger partial charge in [0.25, 0.3) is 0 Å². The Balaban J connectivity index is 1.75. The van der Waals surface area contributed by atoms with E-state index in [2.05, 4.69) is 0 Å². The number of sulfone groups is 1. The Morgan fingerprint density at radius 3 is 2.12 bits per heavy atom. The summed E-state index contributed by atoms with van der Waals surface area (Å²) >= 11 is 0. The zero-order valence-electron chi connectivity index (χ0n) is 13.5. The van der Waals surface area contributed by atoms with Crippen LogP contribution in [0.5, 0.6) is 0 Å². The summed E-state index contributed by atoms with van der Waals surface area (Å²) in [5, 5.41) is 0.426. The molecule has 5 nitrogen and oxygen atoms in total. The Morgan fingerprint density at radius 2 is 1.48 bits per heavy atom. The van der Waals surface area contributed by atoms with Crippen molar-refractivity contribution >= 4 is 25.9 Å². The normalized spacial score (nSPS) is 19.4. The Kier molecular flexibility index (Phi) is 5.08. The molecule has 25 heavy (non-hydrogen) atoms. The molecule has 0 aromatic heterocycles. The monoisotopic (exact) mass is 377 g/mol. The molecule has 1 heterocycles. The Hall–Kier alpha value is -1.96. The molecular formula is C18H19NO4S2. The molecule has 1 saturated heterocycles. The molecule has 1 aliphatic rings. The molecule has 0 radical (unpaired) electrons. The van der Waals surface area contributed by atoms with Crippen molar-refractivity contribution in [2.24, 2.45) is 0 Å². The predicted octanol–water partition coefficient (Wildman–Crippen LogP) is 2.54. The molecule has 1 fully saturated rings. The van der Waals surface area contributed by atoms with Crippen molar-refractivity contribution in [1.29, 1.82) is 0 Å². The molecule has 2 aromatic carbocycles. The Bertz CT molecular complexity index is 953. The zero-order valence-corrected chi connectivity index (χ0v) is 15.2. The van der Waals surface area contributed by atoms with E-state index in [-0.39, 0.29) is 18.0 Å². The maximum absolute atomic E-state index is 12.6. The lowest BCUT2D eigenvalue weighted by Gasteiger charge is -2.14. The summed E-state index contributed by atoms with van der Waals surface area (Å²) in [6.07, 6.45) is 1.82. The Labute approximate surface area is 148 Å². The highest BCUT2D eigenvalue weighted by molar-refractivity contribution is 7.93. The minimum atomic E-state index is -3.65. The standard InChI is InChI=1S/C18H19NO4S2/c20-24(21,14-12-16-7-3-1-4-8-16)19-13-11-18(15-19)25(22,23)17-9-5-2-6-10-17/h1-10,12,14,18H,11,13,15H2. The van der Waals surface area contributed by atoms with Gasteiger partial charge in [-0.25, -0.2) is 16.8 Å². The van der Waals surface area contributed by atoms with E-state index in [0.717, 1.165) is 11.0 Å². The van der Waals surface area contributed by atoms with Crippen LogP contribution >= 0.6 is 0 Å². The van der Waals surface area contributed by atoms with Crippen LogP contribution in [0.2, 0.25) is 0 Å². The fourth-order valence-electron chi connectivity index (χ4n) is 2.80. The molecule has 132 valence electrons. The molecule has 0 saturated carbocycles. The van der Waals surface area contributed by atoms with Crippen LogP contribution in [-0.2, 0) is 19.9 Å². The number of nitrogens with zero attached hydrogens (tertiary/aromatic N) is 1. The van der Waals surface area contributed by atoms with Gasteiger partial charge in [0.05, 0.1) is 10.1 Å². The van der Waals surface area contributed by atoms with Gasteiger partial charge < -0.3 is 0 Å². The molecule has 3 rings (SSSR count).